The van der Waals surface area contributed by atoms with Crippen LogP contribution in [0.4, 0.5) is 4.70 Å². The van der Waals surface area contributed by atoms with Gasteiger partial charge in [-0.1, -0.05) is 18.2 Å². The Kier molecular flexibility index (Phi) is 8.04. The molecule has 0 aliphatic carbocycles. The van der Waals surface area contributed by atoms with E-state index >= 15 is 0 Å². The van der Waals surface area contributed by atoms with Crippen molar-refractivity contribution in [1.82, 2.24) is 0 Å². The average molecular weight is 309 g/mol. The maximum absolute atomic E-state index is 10.2. The van der Waals surface area contributed by atoms with E-state index in [0.717, 1.165) is 0 Å². The predicted molar refractivity (Wildman–Crippen MR) is 35.9 cm³/mol. The standard InChI is InChI=1S/C7H6O2.Er.FH/c8-7(9)6-4-2-1-3-5-6;;/h1-5H,(H,8,9);;1H. The Bertz CT molecular complexity index is 213. The molecule has 0 saturated carbocycles. The van der Waals surface area contributed by atoms with Gasteiger partial charge in [-0.05, 0) is 12.1 Å². The SMILES string of the molecule is F.O=C(O)c1ccccc1.[Er]. The van der Waals surface area contributed by atoms with Gasteiger partial charge >= 0.3 is 5.97 Å². The van der Waals surface area contributed by atoms with Crippen LogP contribution in [0.3, 0.4) is 0 Å². The van der Waals surface area contributed by atoms with Gasteiger partial charge in [0.1, 0.15) is 0 Å². The van der Waals surface area contributed by atoms with Crippen molar-refractivity contribution in [3.8, 4) is 0 Å². The number of hydrogen-bond acceptors (Lipinski definition) is 1. The summed E-state index contributed by atoms with van der Waals surface area (Å²) in [6.45, 7) is 0. The molecular weight excluding hydrogens is 302 g/mol. The first kappa shape index (κ1) is 13.5. The van der Waals surface area contributed by atoms with E-state index in [4.69, 9.17) is 5.11 Å². The third-order valence-corrected chi connectivity index (χ3v) is 1.02. The van der Waals surface area contributed by atoms with Crippen LogP contribution in [-0.2, 0) is 0 Å². The molecule has 66 valence electrons. The van der Waals surface area contributed by atoms with Gasteiger partial charge in [0.2, 0.25) is 0 Å². The molecule has 2 nitrogen and oxygen atoms in total. The quantitative estimate of drug-likeness (QED) is 0.854. The second-order valence-electron chi connectivity index (χ2n) is 1.67. The number of aromatic carboxylic acids is 1. The van der Waals surface area contributed by atoms with E-state index < -0.39 is 5.97 Å². The maximum atomic E-state index is 10.2. The zero-order valence-corrected chi connectivity index (χ0v) is 7.29. The monoisotopic (exact) mass is 308 g/mol. The minimum absolute atomic E-state index is 0. The molecule has 0 bridgehead atoms. The summed E-state index contributed by atoms with van der Waals surface area (Å²) in [7, 11) is 0. The number of carbonyl (C=O) groups is 1. The van der Waals surface area contributed by atoms with Gasteiger partial charge in [-0.2, -0.15) is 0 Å². The van der Waals surface area contributed by atoms with Crippen molar-refractivity contribution < 1.29 is 51.9 Å². The van der Waals surface area contributed by atoms with Gasteiger partial charge in [0.25, 0.3) is 0 Å². The number of halogens is 1. The van der Waals surface area contributed by atoms with Crippen molar-refractivity contribution >= 4 is 5.97 Å². The van der Waals surface area contributed by atoms with Crippen LogP contribution in [0.1, 0.15) is 10.4 Å². The van der Waals surface area contributed by atoms with Gasteiger partial charge in [-0.25, -0.2) is 4.79 Å². The van der Waals surface area contributed by atoms with Crippen molar-refractivity contribution in [2.45, 2.75) is 0 Å². The number of carboxylic acid groups (broad SMARTS) is 1. The molecule has 1 aromatic carbocycles. The summed E-state index contributed by atoms with van der Waals surface area (Å²) < 4.78 is 0. The molecule has 0 aliphatic rings. The van der Waals surface area contributed by atoms with Gasteiger partial charge < -0.3 is 5.11 Å². The van der Waals surface area contributed by atoms with Crippen molar-refractivity contribution in [2.75, 3.05) is 0 Å². The minimum atomic E-state index is -0.879. The van der Waals surface area contributed by atoms with Gasteiger partial charge in [-0.3, -0.25) is 4.70 Å². The van der Waals surface area contributed by atoms with Crippen molar-refractivity contribution in [1.29, 1.82) is 0 Å². The van der Waals surface area contributed by atoms with E-state index in [1.807, 2.05) is 0 Å². The zero-order valence-electron chi connectivity index (χ0n) is 5.44. The molecule has 0 fully saturated rings. The molecule has 1 aromatic rings. The molecule has 0 unspecified atom stereocenters. The van der Waals surface area contributed by atoms with Crippen LogP contribution in [0.2, 0.25) is 0 Å². The topological polar surface area (TPSA) is 37.3 Å². The summed E-state index contributed by atoms with van der Waals surface area (Å²) in [5, 5.41) is 8.38. The summed E-state index contributed by atoms with van der Waals surface area (Å²) in [6, 6.07) is 8.30. The fraction of sp³-hybridized carbons (Fsp3) is 0. The number of carboxylic acids is 1. The fourth-order valence-electron chi connectivity index (χ4n) is 0.581. The molecule has 0 radical (unpaired) electrons. The van der Waals surface area contributed by atoms with Crippen LogP contribution in [0.5, 0.6) is 0 Å². The normalized spacial score (nSPS) is 7.27. The minimum Gasteiger partial charge on any atom is -0.478 e. The molecule has 0 saturated heterocycles. The molecule has 4 heteroatoms. The van der Waals surface area contributed by atoms with E-state index in [1.165, 1.54) is 0 Å². The molecule has 1 N–H and O–H groups in total. The molecule has 1 rings (SSSR count). The second kappa shape index (κ2) is 6.57. The Morgan fingerprint density at radius 2 is 1.64 bits per heavy atom. The first-order valence-electron chi connectivity index (χ1n) is 2.59. The van der Waals surface area contributed by atoms with E-state index in [1.54, 1.807) is 30.3 Å². The first-order valence-corrected chi connectivity index (χ1v) is 2.59. The molecule has 0 heterocycles. The van der Waals surface area contributed by atoms with Gasteiger partial charge in [-0.15, -0.1) is 0 Å². The summed E-state index contributed by atoms with van der Waals surface area (Å²) in [6.07, 6.45) is 0. The summed E-state index contributed by atoms with van der Waals surface area (Å²) in [5.74, 6) is -0.879. The van der Waals surface area contributed by atoms with Gasteiger partial charge in [0.05, 0.1) is 5.56 Å². The van der Waals surface area contributed by atoms with Gasteiger partial charge in [0.15, 0.2) is 0 Å². The molecule has 0 spiro atoms. The Balaban J connectivity index is 0. The van der Waals surface area contributed by atoms with Gasteiger partial charge in [0, 0.05) is 37.3 Å². The maximum Gasteiger partial charge on any atom is 0.335 e. The molecule has 0 aliphatic heterocycles. The molecule has 0 atom stereocenters. The fourth-order valence-corrected chi connectivity index (χ4v) is 0.581. The Morgan fingerprint density at radius 3 is 1.91 bits per heavy atom. The third kappa shape index (κ3) is 4.34. The van der Waals surface area contributed by atoms with Crippen molar-refractivity contribution in [3.63, 3.8) is 0 Å². The van der Waals surface area contributed by atoms with Crippen LogP contribution in [0.15, 0.2) is 30.3 Å². The number of benzene rings is 1. The Morgan fingerprint density at radius 1 is 1.18 bits per heavy atom. The summed E-state index contributed by atoms with van der Waals surface area (Å²) in [4.78, 5) is 10.2. The third-order valence-electron chi connectivity index (χ3n) is 1.02. The number of rotatable bonds is 1. The molecule has 0 aromatic heterocycles. The molecule has 0 amide bonds. The summed E-state index contributed by atoms with van der Waals surface area (Å²) in [5.41, 5.74) is 0.331. The first-order chi connectivity index (χ1) is 4.30. The second-order valence-corrected chi connectivity index (χ2v) is 1.67. The van der Waals surface area contributed by atoms with Crippen LogP contribution in [0, 0.1) is 37.3 Å². The van der Waals surface area contributed by atoms with Crippen LogP contribution in [0.25, 0.3) is 0 Å². The Labute approximate surface area is 93.2 Å². The number of hydrogen-bond donors (Lipinski definition) is 1. The van der Waals surface area contributed by atoms with E-state index in [2.05, 4.69) is 0 Å². The predicted octanol–water partition coefficient (Wildman–Crippen LogP) is 1.54. The van der Waals surface area contributed by atoms with E-state index in [-0.39, 0.29) is 42.0 Å². The van der Waals surface area contributed by atoms with E-state index in [9.17, 15) is 4.79 Å². The van der Waals surface area contributed by atoms with Crippen molar-refractivity contribution in [2.24, 2.45) is 0 Å². The average Bonchev–Trinajstić information content (AvgIpc) is 1.90. The van der Waals surface area contributed by atoms with Crippen LogP contribution < -0.4 is 0 Å². The van der Waals surface area contributed by atoms with Crippen LogP contribution in [-0.4, -0.2) is 11.1 Å². The smallest absolute Gasteiger partial charge is 0.335 e. The molecular formula is C7H7ErFO2. The van der Waals surface area contributed by atoms with E-state index in [0.29, 0.717) is 5.56 Å². The Hall–Kier alpha value is -0.133. The zero-order chi connectivity index (χ0) is 6.69. The van der Waals surface area contributed by atoms with Crippen LogP contribution >= 0.6 is 0 Å². The largest absolute Gasteiger partial charge is 0.478 e. The summed E-state index contributed by atoms with van der Waals surface area (Å²) >= 11 is 0. The van der Waals surface area contributed by atoms with Crippen molar-refractivity contribution in [3.05, 3.63) is 35.9 Å². The molecule has 11 heavy (non-hydrogen) atoms.